The molecule has 0 fully saturated rings. The first-order chi connectivity index (χ1) is 12.6. The number of hydrogen-bond acceptors (Lipinski definition) is 5. The number of aryl methyl sites for hydroxylation is 1. The summed E-state index contributed by atoms with van der Waals surface area (Å²) in [6.45, 7) is 9.72. The Morgan fingerprint density at radius 1 is 1.33 bits per heavy atom. The number of allylic oxidation sites excluding steroid dienone is 2. The van der Waals surface area contributed by atoms with Gasteiger partial charge in [0.25, 0.3) is 10.0 Å². The van der Waals surface area contributed by atoms with Crippen LogP contribution in [0.3, 0.4) is 0 Å². The number of sulfonamides is 1. The van der Waals surface area contributed by atoms with E-state index in [-0.39, 0.29) is 17.9 Å². The van der Waals surface area contributed by atoms with Gasteiger partial charge >= 0.3 is 11.9 Å². The third-order valence-corrected chi connectivity index (χ3v) is 4.79. The lowest BCUT2D eigenvalue weighted by Crippen LogP contribution is -2.43. The molecule has 0 spiro atoms. The normalized spacial score (nSPS) is 13.6. The van der Waals surface area contributed by atoms with Crippen LogP contribution in [0.15, 0.2) is 59.6 Å². The molecule has 9 heteroatoms. The summed E-state index contributed by atoms with van der Waals surface area (Å²) in [7, 11) is -4.25. The van der Waals surface area contributed by atoms with E-state index in [0.29, 0.717) is 0 Å². The van der Waals surface area contributed by atoms with Crippen molar-refractivity contribution in [2.45, 2.75) is 31.1 Å². The number of benzene rings is 1. The van der Waals surface area contributed by atoms with E-state index < -0.39 is 33.5 Å². The first kappa shape index (κ1) is 22.5. The fraction of sp³-hybridized carbons (Fsp3) is 0.333. The average Bonchev–Trinajstić information content (AvgIpc) is 2.59. The minimum Gasteiger partial charge on any atom is -0.461 e. The molecule has 1 N–H and O–H groups in total. The maximum absolute atomic E-state index is 14.8. The lowest BCUT2D eigenvalue weighted by Gasteiger charge is -2.23. The van der Waals surface area contributed by atoms with Crippen LogP contribution in [-0.4, -0.2) is 32.6 Å². The van der Waals surface area contributed by atoms with Crippen molar-refractivity contribution < 1.29 is 26.7 Å². The predicted molar refractivity (Wildman–Crippen MR) is 99.0 cm³/mol. The first-order valence-electron chi connectivity index (χ1n) is 8.05. The van der Waals surface area contributed by atoms with Crippen molar-refractivity contribution in [1.29, 1.82) is 0 Å². The van der Waals surface area contributed by atoms with E-state index in [1.807, 2.05) is 0 Å². The van der Waals surface area contributed by atoms with Crippen LogP contribution in [0.5, 0.6) is 0 Å². The molecular formula is C18H22F2N2O4S. The van der Waals surface area contributed by atoms with E-state index >= 15 is 0 Å². The molecule has 0 saturated heterocycles. The molecule has 0 bridgehead atoms. The number of esters is 1. The Kier molecular flexibility index (Phi) is 7.83. The number of hydrazone groups is 1. The van der Waals surface area contributed by atoms with Crippen LogP contribution in [0, 0.1) is 12.8 Å². The quantitative estimate of drug-likeness (QED) is 0.283. The zero-order valence-electron chi connectivity index (χ0n) is 15.1. The van der Waals surface area contributed by atoms with E-state index in [1.165, 1.54) is 37.3 Å². The highest BCUT2D eigenvalue weighted by molar-refractivity contribution is 7.89. The molecule has 0 aromatic heterocycles. The maximum atomic E-state index is 14.8. The van der Waals surface area contributed by atoms with E-state index in [9.17, 15) is 22.0 Å². The summed E-state index contributed by atoms with van der Waals surface area (Å²) < 4.78 is 58.7. The highest BCUT2D eigenvalue weighted by Crippen LogP contribution is 2.31. The smallest absolute Gasteiger partial charge is 0.360 e. The van der Waals surface area contributed by atoms with Gasteiger partial charge in [0.2, 0.25) is 5.71 Å². The molecule has 0 heterocycles. The Morgan fingerprint density at radius 3 is 2.41 bits per heavy atom. The van der Waals surface area contributed by atoms with Gasteiger partial charge in [-0.2, -0.15) is 27.1 Å². The zero-order valence-corrected chi connectivity index (χ0v) is 15.9. The molecule has 0 aliphatic carbocycles. The number of nitrogens with zero attached hydrogens (tertiary/aromatic N) is 1. The van der Waals surface area contributed by atoms with Crippen molar-refractivity contribution in [1.82, 2.24) is 4.83 Å². The molecular weight excluding hydrogens is 378 g/mol. The number of rotatable bonds is 10. The lowest BCUT2D eigenvalue weighted by atomic mass is 9.94. The molecule has 6 nitrogen and oxygen atoms in total. The molecule has 1 aromatic rings. The van der Waals surface area contributed by atoms with Crippen LogP contribution in [0.2, 0.25) is 0 Å². The SMILES string of the molecule is C=CCC(C=C)C(F)(F)/C(=N\NS(=O)(=O)c1ccc(C)cc1)C(=O)OCC. The lowest BCUT2D eigenvalue weighted by molar-refractivity contribution is -0.137. The molecule has 0 radical (unpaired) electrons. The number of nitrogens with one attached hydrogen (secondary N) is 1. The number of carbonyl (C=O) groups is 1. The predicted octanol–water partition coefficient (Wildman–Crippen LogP) is 3.21. The molecule has 0 saturated carbocycles. The van der Waals surface area contributed by atoms with Crippen LogP contribution in [-0.2, 0) is 19.6 Å². The van der Waals surface area contributed by atoms with Crippen LogP contribution in [0.1, 0.15) is 18.9 Å². The van der Waals surface area contributed by atoms with Crippen LogP contribution in [0.4, 0.5) is 8.78 Å². The summed E-state index contributed by atoms with van der Waals surface area (Å²) in [4.78, 5) is 13.5. The summed E-state index contributed by atoms with van der Waals surface area (Å²) in [5.41, 5.74) is -0.541. The van der Waals surface area contributed by atoms with Gasteiger partial charge < -0.3 is 4.74 Å². The molecule has 0 amide bonds. The second-order valence-corrected chi connectivity index (χ2v) is 7.24. The summed E-state index contributed by atoms with van der Waals surface area (Å²) in [6.07, 6.45) is 1.99. The Balaban J connectivity index is 3.30. The van der Waals surface area contributed by atoms with Gasteiger partial charge in [-0.25, -0.2) is 4.79 Å². The number of carbonyl (C=O) groups excluding carboxylic acids is 1. The standard InChI is InChI=1S/C18H22F2N2O4S/c1-5-8-14(6-2)18(19,20)16(17(23)26-7-3)21-22-27(24,25)15-11-9-13(4)10-12-15/h5-6,9-12,14,22H,1-2,7-8H2,3-4H3/b21-16-. The Hall–Kier alpha value is -2.55. The van der Waals surface area contributed by atoms with Crippen LogP contribution in [0.25, 0.3) is 0 Å². The van der Waals surface area contributed by atoms with E-state index in [0.717, 1.165) is 11.6 Å². The van der Waals surface area contributed by atoms with E-state index in [4.69, 9.17) is 0 Å². The number of hydrogen-bond donors (Lipinski definition) is 1. The Labute approximate surface area is 157 Å². The van der Waals surface area contributed by atoms with Gasteiger partial charge in [-0.3, -0.25) is 0 Å². The zero-order chi connectivity index (χ0) is 20.7. The van der Waals surface area contributed by atoms with Gasteiger partial charge in [0.15, 0.2) is 0 Å². The Bertz CT molecular complexity index is 818. The third kappa shape index (κ3) is 5.72. The molecule has 1 unspecified atom stereocenters. The summed E-state index contributed by atoms with van der Waals surface area (Å²) in [6, 6.07) is 5.66. The molecule has 1 atom stereocenters. The second-order valence-electron chi connectivity index (χ2n) is 5.58. The fourth-order valence-corrected chi connectivity index (χ4v) is 2.89. The molecule has 1 aromatic carbocycles. The van der Waals surface area contributed by atoms with Gasteiger partial charge in [-0.1, -0.05) is 29.8 Å². The highest BCUT2D eigenvalue weighted by Gasteiger charge is 2.47. The first-order valence-corrected chi connectivity index (χ1v) is 9.53. The molecule has 27 heavy (non-hydrogen) atoms. The van der Waals surface area contributed by atoms with E-state index in [1.54, 1.807) is 11.8 Å². The summed E-state index contributed by atoms with van der Waals surface area (Å²) in [5.74, 6) is -6.76. The maximum Gasteiger partial charge on any atom is 0.360 e. The average molecular weight is 400 g/mol. The highest BCUT2D eigenvalue weighted by atomic mass is 32.2. The molecule has 0 aliphatic heterocycles. The van der Waals surface area contributed by atoms with Gasteiger partial charge in [-0.15, -0.1) is 13.2 Å². The van der Waals surface area contributed by atoms with Crippen molar-refractivity contribution in [2.75, 3.05) is 6.61 Å². The largest absolute Gasteiger partial charge is 0.461 e. The van der Waals surface area contributed by atoms with Gasteiger partial charge in [0.1, 0.15) is 0 Å². The summed E-state index contributed by atoms with van der Waals surface area (Å²) >= 11 is 0. The minimum atomic E-state index is -4.25. The van der Waals surface area contributed by atoms with E-state index in [2.05, 4.69) is 23.0 Å². The fourth-order valence-electron chi connectivity index (χ4n) is 2.08. The molecule has 1 rings (SSSR count). The van der Waals surface area contributed by atoms with Crippen molar-refractivity contribution in [3.63, 3.8) is 0 Å². The second kappa shape index (κ2) is 9.40. The van der Waals surface area contributed by atoms with Gasteiger partial charge in [-0.05, 0) is 32.4 Å². The number of alkyl halides is 2. The third-order valence-electron chi connectivity index (χ3n) is 3.56. The van der Waals surface area contributed by atoms with Crippen molar-refractivity contribution in [3.8, 4) is 0 Å². The molecule has 148 valence electrons. The molecule has 0 aliphatic rings. The minimum absolute atomic E-state index is 0.182. The van der Waals surface area contributed by atoms with Gasteiger partial charge in [0.05, 0.1) is 17.4 Å². The van der Waals surface area contributed by atoms with Crippen molar-refractivity contribution in [3.05, 3.63) is 55.1 Å². The van der Waals surface area contributed by atoms with Crippen molar-refractivity contribution >= 4 is 21.7 Å². The summed E-state index contributed by atoms with van der Waals surface area (Å²) in [5, 5.41) is 3.21. The van der Waals surface area contributed by atoms with Gasteiger partial charge in [0, 0.05) is 0 Å². The number of halogens is 2. The topological polar surface area (TPSA) is 84.8 Å². The van der Waals surface area contributed by atoms with Crippen molar-refractivity contribution in [2.24, 2.45) is 11.0 Å². The number of ether oxygens (including phenoxy) is 1. The van der Waals surface area contributed by atoms with Crippen LogP contribution < -0.4 is 4.83 Å². The monoisotopic (exact) mass is 400 g/mol. The van der Waals surface area contributed by atoms with Crippen LogP contribution >= 0.6 is 0 Å². The Morgan fingerprint density at radius 2 is 1.93 bits per heavy atom.